The van der Waals surface area contributed by atoms with Gasteiger partial charge in [0.2, 0.25) is 0 Å². The highest BCUT2D eigenvalue weighted by Crippen LogP contribution is 2.06. The summed E-state index contributed by atoms with van der Waals surface area (Å²) >= 11 is 0. The molecule has 0 rings (SSSR count). The molecule has 0 aliphatic carbocycles. The van der Waals surface area contributed by atoms with Crippen molar-refractivity contribution in [3.05, 3.63) is 0 Å². The lowest BCUT2D eigenvalue weighted by Crippen LogP contribution is -2.46. The number of carbonyl (C=O) groups is 1. The summed E-state index contributed by atoms with van der Waals surface area (Å²) in [6.45, 7) is 11.8. The molecule has 0 aromatic carbocycles. The van der Waals surface area contributed by atoms with Crippen LogP contribution < -0.4 is 5.32 Å². The molecule has 0 aliphatic rings. The van der Waals surface area contributed by atoms with Gasteiger partial charge in [0.05, 0.1) is 6.10 Å². The van der Waals surface area contributed by atoms with Crippen molar-refractivity contribution >= 4 is 5.97 Å². The molecule has 0 fully saturated rings. The van der Waals surface area contributed by atoms with Gasteiger partial charge in [0, 0.05) is 6.04 Å². The second-order valence-corrected chi connectivity index (χ2v) is 4.53. The third-order valence-electron chi connectivity index (χ3n) is 1.79. The average molecular weight is 201 g/mol. The molecule has 0 saturated heterocycles. The van der Waals surface area contributed by atoms with Crippen LogP contribution in [0.2, 0.25) is 0 Å². The van der Waals surface area contributed by atoms with Gasteiger partial charge >= 0.3 is 5.97 Å². The minimum atomic E-state index is -0.197. The highest BCUT2D eigenvalue weighted by atomic mass is 16.5. The molecule has 1 unspecified atom stereocenters. The Bertz CT molecular complexity index is 176. The average Bonchev–Trinajstić information content (AvgIpc) is 1.97. The molecule has 0 aromatic heterocycles. The Balaban J connectivity index is 4.26. The van der Waals surface area contributed by atoms with Gasteiger partial charge in [0.25, 0.3) is 0 Å². The lowest BCUT2D eigenvalue weighted by molar-refractivity contribution is -0.151. The van der Waals surface area contributed by atoms with Gasteiger partial charge < -0.3 is 10.1 Å². The summed E-state index contributed by atoms with van der Waals surface area (Å²) in [5, 5.41) is 3.21. The van der Waals surface area contributed by atoms with Gasteiger partial charge in [0.15, 0.2) is 0 Å². The Kier molecular flexibility index (Phi) is 5.77. The van der Waals surface area contributed by atoms with E-state index in [0.717, 1.165) is 0 Å². The van der Waals surface area contributed by atoms with Crippen LogP contribution in [0.5, 0.6) is 0 Å². The minimum absolute atomic E-state index is 0.0438. The maximum atomic E-state index is 11.6. The predicted molar refractivity (Wildman–Crippen MR) is 58.1 cm³/mol. The second-order valence-electron chi connectivity index (χ2n) is 4.53. The van der Waals surface area contributed by atoms with Crippen LogP contribution in [-0.4, -0.2) is 24.2 Å². The van der Waals surface area contributed by atoms with Crippen LogP contribution in [0.4, 0.5) is 0 Å². The van der Waals surface area contributed by atoms with E-state index < -0.39 is 0 Å². The van der Waals surface area contributed by atoms with E-state index in [1.165, 1.54) is 0 Å². The number of hydrogen-bond acceptors (Lipinski definition) is 3. The quantitative estimate of drug-likeness (QED) is 0.691. The van der Waals surface area contributed by atoms with E-state index in [0.29, 0.717) is 6.04 Å². The molecular formula is C11H23NO2. The highest BCUT2D eigenvalue weighted by Gasteiger charge is 2.24. The van der Waals surface area contributed by atoms with Crippen molar-refractivity contribution in [3.8, 4) is 0 Å². The van der Waals surface area contributed by atoms with Gasteiger partial charge in [-0.25, -0.2) is 0 Å². The number of esters is 1. The summed E-state index contributed by atoms with van der Waals surface area (Å²) in [7, 11) is 0. The first-order valence-corrected chi connectivity index (χ1v) is 5.31. The summed E-state index contributed by atoms with van der Waals surface area (Å²) in [5.41, 5.74) is 0. The zero-order chi connectivity index (χ0) is 11.3. The summed E-state index contributed by atoms with van der Waals surface area (Å²) in [6.07, 6.45) is -0.0438. The topological polar surface area (TPSA) is 38.3 Å². The Labute approximate surface area is 87.2 Å². The van der Waals surface area contributed by atoms with Gasteiger partial charge in [-0.2, -0.15) is 0 Å². The third kappa shape index (κ3) is 5.22. The summed E-state index contributed by atoms with van der Waals surface area (Å²) in [6, 6.07) is 0.0968. The molecule has 0 saturated carbocycles. The minimum Gasteiger partial charge on any atom is -0.462 e. The van der Waals surface area contributed by atoms with Crippen molar-refractivity contribution < 1.29 is 9.53 Å². The molecule has 1 atom stereocenters. The molecule has 0 heterocycles. The van der Waals surface area contributed by atoms with E-state index >= 15 is 0 Å². The van der Waals surface area contributed by atoms with Crippen LogP contribution in [0.25, 0.3) is 0 Å². The molecule has 0 amide bonds. The Morgan fingerprint density at radius 3 is 1.86 bits per heavy atom. The molecule has 3 nitrogen and oxygen atoms in total. The predicted octanol–water partition coefficient (Wildman–Crippen LogP) is 1.96. The SMILES string of the molecule is CC(C)NC(C(=O)OC(C)C)C(C)C. The lowest BCUT2D eigenvalue weighted by Gasteiger charge is -2.24. The molecule has 0 aromatic rings. The Morgan fingerprint density at radius 2 is 1.57 bits per heavy atom. The first kappa shape index (κ1) is 13.4. The van der Waals surface area contributed by atoms with Gasteiger partial charge in [-0.3, -0.25) is 4.79 Å². The lowest BCUT2D eigenvalue weighted by atomic mass is 10.0. The maximum absolute atomic E-state index is 11.6. The van der Waals surface area contributed by atoms with Crippen molar-refractivity contribution in [2.24, 2.45) is 5.92 Å². The van der Waals surface area contributed by atoms with Gasteiger partial charge in [0.1, 0.15) is 6.04 Å². The molecule has 14 heavy (non-hydrogen) atoms. The molecule has 0 aliphatic heterocycles. The van der Waals surface area contributed by atoms with Crippen molar-refractivity contribution in [2.75, 3.05) is 0 Å². The van der Waals surface area contributed by atoms with Gasteiger partial charge in [-0.15, -0.1) is 0 Å². The molecule has 0 spiro atoms. The third-order valence-corrected chi connectivity index (χ3v) is 1.79. The van der Waals surface area contributed by atoms with Crippen LogP contribution >= 0.6 is 0 Å². The van der Waals surface area contributed by atoms with Crippen molar-refractivity contribution in [1.82, 2.24) is 5.32 Å². The number of rotatable bonds is 5. The van der Waals surface area contributed by atoms with E-state index in [1.54, 1.807) is 0 Å². The first-order chi connectivity index (χ1) is 6.34. The highest BCUT2D eigenvalue weighted by molar-refractivity contribution is 5.76. The standard InChI is InChI=1S/C11H23NO2/c1-7(2)10(12-8(3)4)11(13)14-9(5)6/h7-10,12H,1-6H3. The van der Waals surface area contributed by atoms with Gasteiger partial charge in [-0.1, -0.05) is 27.7 Å². The molecule has 1 N–H and O–H groups in total. The van der Waals surface area contributed by atoms with E-state index in [1.807, 2.05) is 41.5 Å². The maximum Gasteiger partial charge on any atom is 0.323 e. The summed E-state index contributed by atoms with van der Waals surface area (Å²) < 4.78 is 5.17. The fourth-order valence-corrected chi connectivity index (χ4v) is 1.20. The Hall–Kier alpha value is -0.570. The van der Waals surface area contributed by atoms with Crippen molar-refractivity contribution in [3.63, 3.8) is 0 Å². The van der Waals surface area contributed by atoms with Crippen LogP contribution in [0.15, 0.2) is 0 Å². The van der Waals surface area contributed by atoms with Crippen molar-refractivity contribution in [1.29, 1.82) is 0 Å². The molecule has 84 valence electrons. The van der Waals surface area contributed by atoms with Crippen LogP contribution in [0.1, 0.15) is 41.5 Å². The second kappa shape index (κ2) is 6.02. The van der Waals surface area contributed by atoms with Crippen LogP contribution in [-0.2, 0) is 9.53 Å². The van der Waals surface area contributed by atoms with E-state index in [4.69, 9.17) is 4.74 Å². The fraction of sp³-hybridized carbons (Fsp3) is 0.909. The number of hydrogen-bond donors (Lipinski definition) is 1. The smallest absolute Gasteiger partial charge is 0.323 e. The monoisotopic (exact) mass is 201 g/mol. The van der Waals surface area contributed by atoms with Gasteiger partial charge in [-0.05, 0) is 19.8 Å². The zero-order valence-electron chi connectivity index (χ0n) is 10.1. The van der Waals surface area contributed by atoms with Crippen LogP contribution in [0.3, 0.4) is 0 Å². The largest absolute Gasteiger partial charge is 0.462 e. The summed E-state index contributed by atoms with van der Waals surface area (Å²) in [4.78, 5) is 11.6. The van der Waals surface area contributed by atoms with E-state index in [2.05, 4.69) is 5.32 Å². The molecule has 3 heteroatoms. The zero-order valence-corrected chi connectivity index (χ0v) is 10.1. The molecule has 0 bridgehead atoms. The normalized spacial score (nSPS) is 13.8. The molecular weight excluding hydrogens is 178 g/mol. The number of ether oxygens (including phenoxy) is 1. The number of carbonyl (C=O) groups excluding carboxylic acids is 1. The molecule has 0 radical (unpaired) electrons. The van der Waals surface area contributed by atoms with Crippen LogP contribution in [0, 0.1) is 5.92 Å². The van der Waals surface area contributed by atoms with E-state index in [9.17, 15) is 4.79 Å². The van der Waals surface area contributed by atoms with E-state index in [-0.39, 0.29) is 24.0 Å². The van der Waals surface area contributed by atoms with Crippen molar-refractivity contribution in [2.45, 2.75) is 59.7 Å². The first-order valence-electron chi connectivity index (χ1n) is 5.31. The summed E-state index contributed by atoms with van der Waals surface area (Å²) in [5.74, 6) is 0.104. The fourth-order valence-electron chi connectivity index (χ4n) is 1.20. The number of nitrogens with one attached hydrogen (secondary N) is 1. The Morgan fingerprint density at radius 1 is 1.07 bits per heavy atom.